The molecule has 1 heterocycles. The molecular weight excluding hydrogens is 522 g/mol. The molecule has 0 aliphatic rings. The predicted molar refractivity (Wildman–Crippen MR) is 88.9 cm³/mol. The van der Waals surface area contributed by atoms with Gasteiger partial charge in [0.05, 0.1) is 15.6 Å². The molecule has 25 heavy (non-hydrogen) atoms. The summed E-state index contributed by atoms with van der Waals surface area (Å²) < 4.78 is 74.3. The van der Waals surface area contributed by atoms with E-state index in [1.54, 1.807) is 0 Å². The highest BCUT2D eigenvalue weighted by molar-refractivity contribution is 9.10. The van der Waals surface area contributed by atoms with Crippen LogP contribution in [0.4, 0.5) is 17.6 Å². The molecule has 0 saturated heterocycles. The molecule has 0 aliphatic carbocycles. The summed E-state index contributed by atoms with van der Waals surface area (Å²) in [6, 6.07) is 1.07. The number of aromatic nitrogens is 2. The van der Waals surface area contributed by atoms with Crippen LogP contribution >= 0.6 is 62.3 Å². The molecule has 1 aromatic carbocycles. The number of hydrogen-bond donors (Lipinski definition) is 0. The Kier molecular flexibility index (Phi) is 5.93. The first-order valence-corrected chi connectivity index (χ1v) is 9.78. The number of benzene rings is 1. The van der Waals surface area contributed by atoms with Crippen LogP contribution in [0.1, 0.15) is 5.56 Å². The molecule has 0 aliphatic heterocycles. The summed E-state index contributed by atoms with van der Waals surface area (Å²) in [5.74, 6) is -1.36. The summed E-state index contributed by atoms with van der Waals surface area (Å²) in [6.45, 7) is 0. The lowest BCUT2D eigenvalue weighted by Gasteiger charge is -2.12. The van der Waals surface area contributed by atoms with Crippen LogP contribution < -0.4 is 0 Å². The molecule has 2 aromatic rings. The highest BCUT2D eigenvalue weighted by Crippen LogP contribution is 2.39. The summed E-state index contributed by atoms with van der Waals surface area (Å²) in [7, 11) is -4.55. The zero-order valence-corrected chi connectivity index (χ0v) is 16.7. The lowest BCUT2D eigenvalue weighted by molar-refractivity contribution is -0.137. The van der Waals surface area contributed by atoms with Crippen LogP contribution in [0.25, 0.3) is 5.69 Å². The molecule has 0 spiro atoms. The number of hydrogen-bond acceptors (Lipinski definition) is 3. The Morgan fingerprint density at radius 1 is 1.16 bits per heavy atom. The number of halogens is 9. The molecular formula is C11H3BrCl4F4N2O2S. The number of rotatable bonds is 3. The van der Waals surface area contributed by atoms with Crippen molar-refractivity contribution < 1.29 is 26.0 Å². The number of alkyl halides is 5. The van der Waals surface area contributed by atoms with E-state index < -0.39 is 51.2 Å². The van der Waals surface area contributed by atoms with Crippen molar-refractivity contribution in [1.82, 2.24) is 9.78 Å². The molecule has 0 atom stereocenters. The molecule has 0 fully saturated rings. The van der Waals surface area contributed by atoms with E-state index in [2.05, 4.69) is 21.0 Å². The van der Waals surface area contributed by atoms with Crippen molar-refractivity contribution in [1.29, 1.82) is 0 Å². The fourth-order valence-electron chi connectivity index (χ4n) is 1.71. The highest BCUT2D eigenvalue weighted by atomic mass is 79.9. The van der Waals surface area contributed by atoms with E-state index >= 15 is 0 Å². The minimum Gasteiger partial charge on any atom is -0.219 e. The van der Waals surface area contributed by atoms with Gasteiger partial charge in [-0.05, 0) is 28.1 Å². The molecule has 0 unspecified atom stereocenters. The van der Waals surface area contributed by atoms with E-state index in [-0.39, 0.29) is 5.69 Å². The number of nitrogens with zero attached hydrogens (tertiary/aromatic N) is 2. The van der Waals surface area contributed by atoms with Gasteiger partial charge in [-0.15, -0.1) is 0 Å². The summed E-state index contributed by atoms with van der Waals surface area (Å²) in [6.07, 6.45) is -4.72. The third kappa shape index (κ3) is 3.89. The maximum Gasteiger partial charge on any atom is 0.416 e. The molecule has 0 N–H and O–H groups in total. The van der Waals surface area contributed by atoms with Gasteiger partial charge >= 0.3 is 6.18 Å². The fourth-order valence-corrected chi connectivity index (χ4v) is 4.15. The van der Waals surface area contributed by atoms with Crippen LogP contribution in [0.2, 0.25) is 10.0 Å². The van der Waals surface area contributed by atoms with Crippen LogP contribution in [0.3, 0.4) is 0 Å². The van der Waals surface area contributed by atoms with Gasteiger partial charge in [0.1, 0.15) is 10.3 Å². The van der Waals surface area contributed by atoms with Gasteiger partial charge in [0.25, 0.3) is 0 Å². The van der Waals surface area contributed by atoms with Crippen molar-refractivity contribution >= 4 is 72.2 Å². The van der Waals surface area contributed by atoms with E-state index in [0.29, 0.717) is 16.8 Å². The Hall–Kier alpha value is -0.260. The summed E-state index contributed by atoms with van der Waals surface area (Å²) in [4.78, 5) is 0. The minimum absolute atomic E-state index is 0.371. The van der Waals surface area contributed by atoms with Gasteiger partial charge in [0.2, 0.25) is 19.0 Å². The molecule has 4 nitrogen and oxygen atoms in total. The van der Waals surface area contributed by atoms with E-state index in [9.17, 15) is 26.0 Å². The quantitative estimate of drug-likeness (QED) is 0.386. The average molecular weight is 525 g/mol. The average Bonchev–Trinajstić information content (AvgIpc) is 2.74. The largest absolute Gasteiger partial charge is 0.416 e. The van der Waals surface area contributed by atoms with Crippen molar-refractivity contribution in [3.05, 3.63) is 38.2 Å². The van der Waals surface area contributed by atoms with Crippen LogP contribution in [-0.4, -0.2) is 22.4 Å². The lowest BCUT2D eigenvalue weighted by Crippen LogP contribution is -2.12. The molecule has 2 rings (SSSR count). The standard InChI is InChI=1S/C11H3BrCl4F4N2O2S/c12-8-6(17)9(25(23,24)10(15)16)21-22(8)7-4(13)1-3(2-5(7)14)11(18,19)20/h1-2,10H. The monoisotopic (exact) mass is 522 g/mol. The Labute approximate surface area is 166 Å². The summed E-state index contributed by atoms with van der Waals surface area (Å²) in [5.41, 5.74) is -1.52. The maximum absolute atomic E-state index is 14.2. The van der Waals surface area contributed by atoms with Crippen molar-refractivity contribution in [2.45, 2.75) is 15.4 Å². The Bertz CT molecular complexity index is 923. The first kappa shape index (κ1) is 21.0. The van der Waals surface area contributed by atoms with E-state index in [1.807, 2.05) is 0 Å². The van der Waals surface area contributed by atoms with Crippen LogP contribution in [-0.2, 0) is 16.0 Å². The van der Waals surface area contributed by atoms with Crippen molar-refractivity contribution in [3.8, 4) is 5.69 Å². The van der Waals surface area contributed by atoms with Gasteiger partial charge in [-0.2, -0.15) is 18.3 Å². The molecule has 0 radical (unpaired) electrons. The molecule has 14 heteroatoms. The van der Waals surface area contributed by atoms with E-state index in [1.165, 1.54) is 0 Å². The second-order valence-corrected chi connectivity index (χ2v) is 9.54. The molecule has 1 aromatic heterocycles. The van der Waals surface area contributed by atoms with Crippen molar-refractivity contribution in [2.75, 3.05) is 0 Å². The van der Waals surface area contributed by atoms with Crippen LogP contribution in [0.15, 0.2) is 21.8 Å². The SMILES string of the molecule is O=S(=O)(c1nn(-c2c(Cl)cc(C(F)(F)F)cc2Cl)c(Br)c1F)C(Cl)Cl. The van der Waals surface area contributed by atoms with Crippen molar-refractivity contribution in [2.24, 2.45) is 0 Å². The Morgan fingerprint density at radius 2 is 1.64 bits per heavy atom. The number of sulfone groups is 1. The predicted octanol–water partition coefficient (Wildman–Crippen LogP) is 5.63. The molecule has 138 valence electrons. The van der Waals surface area contributed by atoms with Crippen molar-refractivity contribution in [3.63, 3.8) is 0 Å². The third-order valence-corrected chi connectivity index (χ3v) is 6.74. The topological polar surface area (TPSA) is 52.0 Å². The van der Waals surface area contributed by atoms with Gasteiger partial charge in [-0.25, -0.2) is 17.5 Å². The maximum atomic E-state index is 14.2. The van der Waals surface area contributed by atoms with E-state index in [4.69, 9.17) is 46.4 Å². The van der Waals surface area contributed by atoms with Gasteiger partial charge in [-0.3, -0.25) is 0 Å². The van der Waals surface area contributed by atoms with Gasteiger partial charge < -0.3 is 0 Å². The zero-order chi connectivity index (χ0) is 19.3. The summed E-state index contributed by atoms with van der Waals surface area (Å²) >= 11 is 24.9. The van der Waals surface area contributed by atoms with Gasteiger partial charge in [0.15, 0.2) is 5.82 Å². The molecule has 0 saturated carbocycles. The Morgan fingerprint density at radius 3 is 2.04 bits per heavy atom. The zero-order valence-electron chi connectivity index (χ0n) is 11.3. The Balaban J connectivity index is 2.73. The molecule has 0 amide bonds. The lowest BCUT2D eigenvalue weighted by atomic mass is 10.2. The second kappa shape index (κ2) is 7.05. The second-order valence-electron chi connectivity index (χ2n) is 4.41. The highest BCUT2D eigenvalue weighted by Gasteiger charge is 2.35. The molecule has 0 bridgehead atoms. The third-order valence-electron chi connectivity index (χ3n) is 2.81. The smallest absolute Gasteiger partial charge is 0.219 e. The minimum atomic E-state index is -4.72. The first-order chi connectivity index (χ1) is 11.3. The summed E-state index contributed by atoms with van der Waals surface area (Å²) in [5, 5.41) is 1.27. The van der Waals surface area contributed by atoms with Gasteiger partial charge in [0, 0.05) is 0 Å². The van der Waals surface area contributed by atoms with E-state index in [0.717, 1.165) is 0 Å². The normalized spacial score (nSPS) is 12.9. The first-order valence-electron chi connectivity index (χ1n) is 5.81. The van der Waals surface area contributed by atoms with Crippen LogP contribution in [0, 0.1) is 5.82 Å². The van der Waals surface area contributed by atoms with Crippen LogP contribution in [0.5, 0.6) is 0 Å². The fraction of sp³-hybridized carbons (Fsp3) is 0.182. The van der Waals surface area contributed by atoms with Gasteiger partial charge in [-0.1, -0.05) is 46.4 Å².